The third-order valence-electron chi connectivity index (χ3n) is 2.21. The number of amides is 1. The van der Waals surface area contributed by atoms with Gasteiger partial charge in [0.1, 0.15) is 5.01 Å². The first-order valence-electron chi connectivity index (χ1n) is 5.67. The zero-order chi connectivity index (χ0) is 11.8. The molecule has 1 atom stereocenters. The topological polar surface area (TPSA) is 54.0 Å². The van der Waals surface area contributed by atoms with Gasteiger partial charge >= 0.3 is 0 Å². The molecule has 1 aromatic rings. The molecular weight excluding hydrogens is 222 g/mol. The minimum atomic E-state index is 0.0375. The quantitative estimate of drug-likeness (QED) is 0.715. The summed E-state index contributed by atoms with van der Waals surface area (Å²) in [4.78, 5) is 15.8. The largest absolute Gasteiger partial charge is 0.346 e. The van der Waals surface area contributed by atoms with Crippen LogP contribution in [-0.4, -0.2) is 24.0 Å². The van der Waals surface area contributed by atoms with Crippen molar-refractivity contribution >= 4 is 17.2 Å². The summed E-state index contributed by atoms with van der Waals surface area (Å²) < 4.78 is 0. The van der Waals surface area contributed by atoms with Gasteiger partial charge in [0, 0.05) is 11.6 Å². The maximum atomic E-state index is 11.6. The van der Waals surface area contributed by atoms with Crippen LogP contribution in [0.4, 0.5) is 0 Å². The van der Waals surface area contributed by atoms with Crippen molar-refractivity contribution in [2.75, 3.05) is 13.1 Å². The molecule has 0 aliphatic rings. The van der Waals surface area contributed by atoms with Gasteiger partial charge in [-0.2, -0.15) is 0 Å². The maximum absolute atomic E-state index is 11.6. The summed E-state index contributed by atoms with van der Waals surface area (Å²) in [7, 11) is 0. The molecule has 0 spiro atoms. The fraction of sp³-hybridized carbons (Fsp3) is 0.636. The lowest BCUT2D eigenvalue weighted by molar-refractivity contribution is -0.121. The van der Waals surface area contributed by atoms with E-state index in [0.717, 1.165) is 24.4 Å². The summed E-state index contributed by atoms with van der Waals surface area (Å²) in [5.74, 6) is 0.0375. The van der Waals surface area contributed by atoms with Crippen LogP contribution in [0.5, 0.6) is 0 Å². The van der Waals surface area contributed by atoms with Crippen LogP contribution in [0.25, 0.3) is 0 Å². The molecule has 1 aromatic heterocycles. The molecule has 1 unspecified atom stereocenters. The molecule has 0 saturated carbocycles. The highest BCUT2D eigenvalue weighted by atomic mass is 32.1. The average Bonchev–Trinajstić information content (AvgIpc) is 2.79. The maximum Gasteiger partial charge on any atom is 0.234 e. The lowest BCUT2D eigenvalue weighted by Gasteiger charge is -2.14. The SMILES string of the molecule is CCCNCC(=O)NC(CC)c1nccs1. The van der Waals surface area contributed by atoms with Gasteiger partial charge in [0.25, 0.3) is 0 Å². The van der Waals surface area contributed by atoms with E-state index in [9.17, 15) is 4.79 Å². The second kappa shape index (κ2) is 7.35. The van der Waals surface area contributed by atoms with E-state index in [0.29, 0.717) is 6.54 Å². The number of hydrogen-bond acceptors (Lipinski definition) is 4. The van der Waals surface area contributed by atoms with Crippen LogP contribution in [0.3, 0.4) is 0 Å². The lowest BCUT2D eigenvalue weighted by Crippen LogP contribution is -2.36. The fourth-order valence-electron chi connectivity index (χ4n) is 1.37. The molecule has 0 fully saturated rings. The van der Waals surface area contributed by atoms with Crippen molar-refractivity contribution in [3.63, 3.8) is 0 Å². The third-order valence-corrected chi connectivity index (χ3v) is 3.09. The van der Waals surface area contributed by atoms with E-state index in [1.165, 1.54) is 0 Å². The number of carbonyl (C=O) groups is 1. The summed E-state index contributed by atoms with van der Waals surface area (Å²) >= 11 is 1.58. The van der Waals surface area contributed by atoms with Crippen LogP contribution >= 0.6 is 11.3 Å². The van der Waals surface area contributed by atoms with Gasteiger partial charge in [-0.25, -0.2) is 4.98 Å². The van der Waals surface area contributed by atoms with Crippen molar-refractivity contribution in [2.24, 2.45) is 0 Å². The van der Waals surface area contributed by atoms with Crippen LogP contribution in [-0.2, 0) is 4.79 Å². The number of nitrogens with zero attached hydrogens (tertiary/aromatic N) is 1. The van der Waals surface area contributed by atoms with Gasteiger partial charge in [0.2, 0.25) is 5.91 Å². The molecular formula is C11H19N3OS. The predicted octanol–water partition coefficient (Wildman–Crippen LogP) is 1.71. The van der Waals surface area contributed by atoms with Gasteiger partial charge in [0.15, 0.2) is 0 Å². The molecule has 1 heterocycles. The Balaban J connectivity index is 2.36. The standard InChI is InChI=1S/C11H19N3OS/c1-3-5-12-8-10(15)14-9(4-2)11-13-6-7-16-11/h6-7,9,12H,3-5,8H2,1-2H3,(H,14,15). The summed E-state index contributed by atoms with van der Waals surface area (Å²) in [5, 5.41) is 8.96. The predicted molar refractivity (Wildman–Crippen MR) is 66.4 cm³/mol. The van der Waals surface area contributed by atoms with Crippen molar-refractivity contribution in [2.45, 2.75) is 32.7 Å². The van der Waals surface area contributed by atoms with Crippen LogP contribution in [0.15, 0.2) is 11.6 Å². The number of rotatable bonds is 7. The van der Waals surface area contributed by atoms with Crippen molar-refractivity contribution in [3.8, 4) is 0 Å². The molecule has 16 heavy (non-hydrogen) atoms. The van der Waals surface area contributed by atoms with E-state index in [1.54, 1.807) is 17.5 Å². The van der Waals surface area contributed by atoms with Gasteiger partial charge in [-0.1, -0.05) is 13.8 Å². The van der Waals surface area contributed by atoms with Crippen LogP contribution < -0.4 is 10.6 Å². The van der Waals surface area contributed by atoms with Crippen molar-refractivity contribution < 1.29 is 4.79 Å². The van der Waals surface area contributed by atoms with Crippen molar-refractivity contribution in [1.82, 2.24) is 15.6 Å². The molecule has 4 nitrogen and oxygen atoms in total. The Morgan fingerprint density at radius 2 is 2.38 bits per heavy atom. The first kappa shape index (κ1) is 13.1. The highest BCUT2D eigenvalue weighted by molar-refractivity contribution is 7.09. The van der Waals surface area contributed by atoms with E-state index >= 15 is 0 Å². The summed E-state index contributed by atoms with van der Waals surface area (Å²) in [6.45, 7) is 5.39. The number of nitrogens with one attached hydrogen (secondary N) is 2. The molecule has 5 heteroatoms. The van der Waals surface area contributed by atoms with Crippen LogP contribution in [0, 0.1) is 0 Å². The molecule has 0 saturated heterocycles. The monoisotopic (exact) mass is 241 g/mol. The summed E-state index contributed by atoms with van der Waals surface area (Å²) in [6, 6.07) is 0.0518. The molecule has 1 amide bonds. The molecule has 1 rings (SSSR count). The third kappa shape index (κ3) is 4.28. The van der Waals surface area contributed by atoms with Crippen molar-refractivity contribution in [1.29, 1.82) is 0 Å². The Morgan fingerprint density at radius 1 is 1.56 bits per heavy atom. The van der Waals surface area contributed by atoms with Gasteiger partial charge in [-0.3, -0.25) is 4.79 Å². The van der Waals surface area contributed by atoms with E-state index in [-0.39, 0.29) is 11.9 Å². The van der Waals surface area contributed by atoms with E-state index in [2.05, 4.69) is 22.5 Å². The smallest absolute Gasteiger partial charge is 0.234 e. The molecule has 90 valence electrons. The summed E-state index contributed by atoms with van der Waals surface area (Å²) in [5.41, 5.74) is 0. The van der Waals surface area contributed by atoms with Crippen molar-refractivity contribution in [3.05, 3.63) is 16.6 Å². The van der Waals surface area contributed by atoms with Gasteiger partial charge < -0.3 is 10.6 Å². The van der Waals surface area contributed by atoms with Crippen LogP contribution in [0.1, 0.15) is 37.7 Å². The van der Waals surface area contributed by atoms with E-state index in [1.807, 2.05) is 12.3 Å². The molecule has 0 bridgehead atoms. The lowest BCUT2D eigenvalue weighted by atomic mass is 10.2. The highest BCUT2D eigenvalue weighted by Gasteiger charge is 2.14. The molecule has 0 aliphatic carbocycles. The van der Waals surface area contributed by atoms with E-state index < -0.39 is 0 Å². The Labute approximate surface area is 100 Å². The highest BCUT2D eigenvalue weighted by Crippen LogP contribution is 2.18. The Kier molecular flexibility index (Phi) is 6.03. The van der Waals surface area contributed by atoms with Crippen LogP contribution in [0.2, 0.25) is 0 Å². The Hall–Kier alpha value is -0.940. The van der Waals surface area contributed by atoms with Gasteiger partial charge in [-0.15, -0.1) is 11.3 Å². The zero-order valence-corrected chi connectivity index (χ0v) is 10.6. The van der Waals surface area contributed by atoms with E-state index in [4.69, 9.17) is 0 Å². The fourth-order valence-corrected chi connectivity index (χ4v) is 2.14. The number of aromatic nitrogens is 1. The Bertz CT molecular complexity index is 300. The number of hydrogen-bond donors (Lipinski definition) is 2. The molecule has 0 aromatic carbocycles. The average molecular weight is 241 g/mol. The minimum absolute atomic E-state index is 0.0375. The molecule has 2 N–H and O–H groups in total. The number of carbonyl (C=O) groups excluding carboxylic acids is 1. The first-order valence-corrected chi connectivity index (χ1v) is 6.55. The molecule has 0 radical (unpaired) electrons. The van der Waals surface area contributed by atoms with Gasteiger partial charge in [-0.05, 0) is 19.4 Å². The second-order valence-corrected chi connectivity index (χ2v) is 4.50. The Morgan fingerprint density at radius 3 is 2.94 bits per heavy atom. The second-order valence-electron chi connectivity index (χ2n) is 3.58. The summed E-state index contributed by atoms with van der Waals surface area (Å²) in [6.07, 6.45) is 3.67. The van der Waals surface area contributed by atoms with Gasteiger partial charge in [0.05, 0.1) is 12.6 Å². The minimum Gasteiger partial charge on any atom is -0.346 e. The normalized spacial score (nSPS) is 12.4. The number of thiazole rings is 1. The first-order chi connectivity index (χ1) is 7.77. The molecule has 0 aliphatic heterocycles. The zero-order valence-electron chi connectivity index (χ0n) is 9.82.